The Morgan fingerprint density at radius 2 is 1.97 bits per heavy atom. The lowest BCUT2D eigenvalue weighted by atomic mass is 9.74. The molecule has 1 fully saturated rings. The minimum Gasteiger partial charge on any atom is -0.494 e. The zero-order valence-electron chi connectivity index (χ0n) is 17.5. The summed E-state index contributed by atoms with van der Waals surface area (Å²) in [5, 5.41) is 7.36. The molecule has 0 unspecified atom stereocenters. The Balaban J connectivity index is 1.48. The van der Waals surface area contributed by atoms with Crippen molar-refractivity contribution in [2.75, 3.05) is 26.4 Å². The lowest BCUT2D eigenvalue weighted by molar-refractivity contribution is 0.0486. The van der Waals surface area contributed by atoms with Gasteiger partial charge in [-0.05, 0) is 61.7 Å². The molecule has 162 valence electrons. The van der Waals surface area contributed by atoms with Gasteiger partial charge in [-0.25, -0.2) is 9.07 Å². The van der Waals surface area contributed by atoms with E-state index in [-0.39, 0.29) is 22.8 Å². The molecule has 7 heteroatoms. The highest BCUT2D eigenvalue weighted by molar-refractivity contribution is 5.92. The van der Waals surface area contributed by atoms with Crippen LogP contribution >= 0.6 is 0 Å². The van der Waals surface area contributed by atoms with Crippen LogP contribution in [0.2, 0.25) is 0 Å². The fourth-order valence-corrected chi connectivity index (χ4v) is 3.95. The van der Waals surface area contributed by atoms with Crippen molar-refractivity contribution in [1.82, 2.24) is 15.1 Å². The maximum absolute atomic E-state index is 13.5. The monoisotopic (exact) mass is 423 g/mol. The van der Waals surface area contributed by atoms with Crippen molar-refractivity contribution in [1.29, 1.82) is 0 Å². The number of amides is 1. The van der Waals surface area contributed by atoms with E-state index >= 15 is 0 Å². The van der Waals surface area contributed by atoms with Gasteiger partial charge in [0.1, 0.15) is 11.6 Å². The molecular formula is C24H26FN3O3. The summed E-state index contributed by atoms with van der Waals surface area (Å²) in [4.78, 5) is 12.8. The van der Waals surface area contributed by atoms with Gasteiger partial charge in [0.2, 0.25) is 0 Å². The zero-order valence-corrected chi connectivity index (χ0v) is 17.5. The molecule has 0 spiro atoms. The first-order chi connectivity index (χ1) is 15.1. The van der Waals surface area contributed by atoms with Gasteiger partial charge in [0.15, 0.2) is 5.69 Å². The summed E-state index contributed by atoms with van der Waals surface area (Å²) in [6, 6.07) is 15.8. The number of nitrogens with zero attached hydrogens (tertiary/aromatic N) is 2. The van der Waals surface area contributed by atoms with Crippen LogP contribution in [0.5, 0.6) is 5.75 Å². The number of carbonyl (C=O) groups excluding carboxylic acids is 1. The molecule has 1 N–H and O–H groups in total. The molecule has 31 heavy (non-hydrogen) atoms. The Morgan fingerprint density at radius 3 is 2.68 bits per heavy atom. The summed E-state index contributed by atoms with van der Waals surface area (Å²) in [6.45, 7) is 4.36. The van der Waals surface area contributed by atoms with E-state index in [9.17, 15) is 9.18 Å². The van der Waals surface area contributed by atoms with E-state index in [1.54, 1.807) is 24.4 Å². The van der Waals surface area contributed by atoms with Crippen molar-refractivity contribution in [2.24, 2.45) is 0 Å². The van der Waals surface area contributed by atoms with Gasteiger partial charge in [0, 0.05) is 31.4 Å². The Hall–Kier alpha value is -3.19. The second-order valence-corrected chi connectivity index (χ2v) is 7.66. The van der Waals surface area contributed by atoms with Crippen LogP contribution in [-0.2, 0) is 10.2 Å². The zero-order chi connectivity index (χ0) is 21.7. The number of halogens is 1. The first-order valence-corrected chi connectivity index (χ1v) is 10.5. The maximum Gasteiger partial charge on any atom is 0.271 e. The predicted octanol–water partition coefficient (Wildman–Crippen LogP) is 3.89. The summed E-state index contributed by atoms with van der Waals surface area (Å²) in [7, 11) is 0. The number of benzene rings is 2. The fraction of sp³-hybridized carbons (Fsp3) is 0.333. The molecule has 0 saturated carbocycles. The molecule has 1 saturated heterocycles. The number of ether oxygens (including phenoxy) is 2. The molecule has 1 aromatic heterocycles. The number of carbonyl (C=O) groups is 1. The molecule has 0 radical (unpaired) electrons. The molecule has 2 aromatic carbocycles. The van der Waals surface area contributed by atoms with Crippen LogP contribution in [0, 0.1) is 5.82 Å². The standard InChI is InChI=1S/C24H26FN3O3/c1-2-31-21-8-6-18(7-9-21)24(11-14-30-15-12-24)17-26-23(29)22-10-13-28(27-22)20-5-3-4-19(25)16-20/h3-10,13,16H,2,11-12,14-15,17H2,1H3,(H,26,29). The summed E-state index contributed by atoms with van der Waals surface area (Å²) in [6.07, 6.45) is 3.29. The molecule has 1 amide bonds. The molecule has 0 atom stereocenters. The van der Waals surface area contributed by atoms with Gasteiger partial charge in [0.05, 0.1) is 12.3 Å². The number of rotatable bonds is 7. The van der Waals surface area contributed by atoms with Gasteiger partial charge in [-0.1, -0.05) is 18.2 Å². The summed E-state index contributed by atoms with van der Waals surface area (Å²) < 4.78 is 26.1. The van der Waals surface area contributed by atoms with Crippen LogP contribution in [0.1, 0.15) is 35.8 Å². The summed E-state index contributed by atoms with van der Waals surface area (Å²) in [5.74, 6) is 0.225. The second-order valence-electron chi connectivity index (χ2n) is 7.66. The normalized spacial score (nSPS) is 15.4. The fourth-order valence-electron chi connectivity index (χ4n) is 3.95. The molecule has 1 aliphatic rings. The van der Waals surface area contributed by atoms with Crippen molar-refractivity contribution < 1.29 is 18.7 Å². The van der Waals surface area contributed by atoms with E-state index in [4.69, 9.17) is 9.47 Å². The highest BCUT2D eigenvalue weighted by Crippen LogP contribution is 2.35. The number of aromatic nitrogens is 2. The Labute approximate surface area is 181 Å². The number of hydrogen-bond donors (Lipinski definition) is 1. The SMILES string of the molecule is CCOc1ccc(C2(CNC(=O)c3ccn(-c4cccc(F)c4)n3)CCOCC2)cc1. The molecule has 0 aliphatic carbocycles. The van der Waals surface area contributed by atoms with Gasteiger partial charge >= 0.3 is 0 Å². The van der Waals surface area contributed by atoms with Crippen LogP contribution in [0.15, 0.2) is 60.8 Å². The maximum atomic E-state index is 13.5. The predicted molar refractivity (Wildman–Crippen MR) is 115 cm³/mol. The van der Waals surface area contributed by atoms with Gasteiger partial charge in [-0.15, -0.1) is 0 Å². The molecule has 2 heterocycles. The minimum atomic E-state index is -0.351. The van der Waals surface area contributed by atoms with E-state index in [0.717, 1.165) is 24.2 Å². The molecular weight excluding hydrogens is 397 g/mol. The first-order valence-electron chi connectivity index (χ1n) is 10.5. The Morgan fingerprint density at radius 1 is 1.19 bits per heavy atom. The van der Waals surface area contributed by atoms with Crippen LogP contribution < -0.4 is 10.1 Å². The third kappa shape index (κ3) is 4.77. The molecule has 6 nitrogen and oxygen atoms in total. The van der Waals surface area contributed by atoms with E-state index in [0.29, 0.717) is 32.1 Å². The van der Waals surface area contributed by atoms with Crippen LogP contribution in [0.4, 0.5) is 4.39 Å². The Bertz CT molecular complexity index is 1030. The van der Waals surface area contributed by atoms with Crippen molar-refractivity contribution in [3.63, 3.8) is 0 Å². The van der Waals surface area contributed by atoms with Crippen molar-refractivity contribution in [2.45, 2.75) is 25.2 Å². The van der Waals surface area contributed by atoms with Gasteiger partial charge < -0.3 is 14.8 Å². The van der Waals surface area contributed by atoms with Crippen LogP contribution in [0.25, 0.3) is 5.69 Å². The van der Waals surface area contributed by atoms with Crippen molar-refractivity contribution in [3.8, 4) is 11.4 Å². The van der Waals surface area contributed by atoms with E-state index in [1.165, 1.54) is 16.8 Å². The first kappa shape index (κ1) is 21.1. The van der Waals surface area contributed by atoms with E-state index < -0.39 is 0 Å². The highest BCUT2D eigenvalue weighted by atomic mass is 19.1. The minimum absolute atomic E-state index is 0.205. The number of nitrogens with one attached hydrogen (secondary N) is 1. The Kier molecular flexibility index (Phi) is 6.32. The quantitative estimate of drug-likeness (QED) is 0.626. The molecule has 0 bridgehead atoms. The van der Waals surface area contributed by atoms with Gasteiger partial charge in [-0.2, -0.15) is 5.10 Å². The topological polar surface area (TPSA) is 65.4 Å². The number of hydrogen-bond acceptors (Lipinski definition) is 4. The lowest BCUT2D eigenvalue weighted by Crippen LogP contribution is -2.44. The summed E-state index contributed by atoms with van der Waals surface area (Å²) in [5.41, 5.74) is 1.81. The van der Waals surface area contributed by atoms with E-state index in [1.807, 2.05) is 19.1 Å². The van der Waals surface area contributed by atoms with Crippen LogP contribution in [-0.4, -0.2) is 42.1 Å². The summed E-state index contributed by atoms with van der Waals surface area (Å²) >= 11 is 0. The molecule has 3 aromatic rings. The third-order valence-electron chi connectivity index (χ3n) is 5.71. The largest absolute Gasteiger partial charge is 0.494 e. The van der Waals surface area contributed by atoms with Gasteiger partial charge in [0.25, 0.3) is 5.91 Å². The average molecular weight is 423 g/mol. The average Bonchev–Trinajstić information content (AvgIpc) is 3.29. The highest BCUT2D eigenvalue weighted by Gasteiger charge is 2.35. The molecule has 4 rings (SSSR count). The van der Waals surface area contributed by atoms with Crippen molar-refractivity contribution >= 4 is 5.91 Å². The lowest BCUT2D eigenvalue weighted by Gasteiger charge is -2.38. The van der Waals surface area contributed by atoms with Crippen molar-refractivity contribution in [3.05, 3.63) is 77.9 Å². The van der Waals surface area contributed by atoms with Crippen LogP contribution in [0.3, 0.4) is 0 Å². The van der Waals surface area contributed by atoms with Gasteiger partial charge in [-0.3, -0.25) is 4.79 Å². The molecule has 1 aliphatic heterocycles. The second kappa shape index (κ2) is 9.31. The third-order valence-corrected chi connectivity index (χ3v) is 5.71. The van der Waals surface area contributed by atoms with E-state index in [2.05, 4.69) is 22.5 Å². The smallest absolute Gasteiger partial charge is 0.271 e.